The van der Waals surface area contributed by atoms with Gasteiger partial charge in [-0.3, -0.25) is 0 Å². The Balaban J connectivity index is 1.87. The second kappa shape index (κ2) is 5.68. The Bertz CT molecular complexity index is 386. The van der Waals surface area contributed by atoms with Gasteiger partial charge in [0.2, 0.25) is 0 Å². The lowest BCUT2D eigenvalue weighted by Crippen LogP contribution is -2.11. The van der Waals surface area contributed by atoms with Gasteiger partial charge in [0, 0.05) is 25.4 Å². The highest BCUT2D eigenvalue weighted by atomic mass is 16.5. The molecule has 1 aromatic carbocycles. The third-order valence-electron chi connectivity index (χ3n) is 3.05. The van der Waals surface area contributed by atoms with E-state index in [0.29, 0.717) is 17.2 Å². The molecule has 1 aliphatic heterocycles. The number of benzene rings is 1. The van der Waals surface area contributed by atoms with Gasteiger partial charge < -0.3 is 15.2 Å². The van der Waals surface area contributed by atoms with Gasteiger partial charge in [0.25, 0.3) is 0 Å². The predicted octanol–water partition coefficient (Wildman–Crippen LogP) is 2.22. The lowest BCUT2D eigenvalue weighted by Gasteiger charge is -2.11. The van der Waals surface area contributed by atoms with E-state index in [0.717, 1.165) is 32.6 Å². The first-order valence-electron chi connectivity index (χ1n) is 5.91. The lowest BCUT2D eigenvalue weighted by atomic mass is 10.1. The minimum absolute atomic E-state index is 0.329. The van der Waals surface area contributed by atoms with Crippen LogP contribution >= 0.6 is 0 Å². The summed E-state index contributed by atoms with van der Waals surface area (Å²) in [5.41, 5.74) is 1.02. The molecule has 0 saturated carbocycles. The Morgan fingerprint density at radius 3 is 3.00 bits per heavy atom. The highest BCUT2D eigenvalue weighted by Crippen LogP contribution is 2.18. The third kappa shape index (κ3) is 3.20. The summed E-state index contributed by atoms with van der Waals surface area (Å²) in [6.07, 6.45) is 2.14. The van der Waals surface area contributed by atoms with E-state index in [9.17, 15) is 4.79 Å². The van der Waals surface area contributed by atoms with Crippen LogP contribution in [0.3, 0.4) is 0 Å². The highest BCUT2D eigenvalue weighted by Gasteiger charge is 2.15. The average molecular weight is 235 g/mol. The van der Waals surface area contributed by atoms with Crippen molar-refractivity contribution in [2.24, 2.45) is 5.92 Å². The molecule has 92 valence electrons. The maximum atomic E-state index is 11.0. The topological polar surface area (TPSA) is 58.6 Å². The normalized spacial score (nSPS) is 19.2. The molecule has 17 heavy (non-hydrogen) atoms. The molecule has 1 saturated heterocycles. The molecule has 0 radical (unpaired) electrons. The van der Waals surface area contributed by atoms with Gasteiger partial charge in [-0.2, -0.15) is 0 Å². The van der Waals surface area contributed by atoms with Crippen LogP contribution in [0, 0.1) is 5.92 Å². The number of carbonyl (C=O) groups is 1. The molecule has 2 N–H and O–H groups in total. The van der Waals surface area contributed by atoms with Crippen LogP contribution in [0.5, 0.6) is 0 Å². The Kier molecular flexibility index (Phi) is 3.98. The number of rotatable bonds is 5. The van der Waals surface area contributed by atoms with Gasteiger partial charge in [-0.05, 0) is 30.9 Å². The van der Waals surface area contributed by atoms with Crippen molar-refractivity contribution in [3.05, 3.63) is 29.8 Å². The van der Waals surface area contributed by atoms with E-state index in [4.69, 9.17) is 9.84 Å². The number of ether oxygens (including phenoxy) is 1. The van der Waals surface area contributed by atoms with Crippen molar-refractivity contribution in [2.75, 3.05) is 25.1 Å². The van der Waals surface area contributed by atoms with Gasteiger partial charge in [0.15, 0.2) is 0 Å². The summed E-state index contributed by atoms with van der Waals surface area (Å²) in [5, 5.41) is 12.2. The maximum absolute atomic E-state index is 11.0. The van der Waals surface area contributed by atoms with E-state index < -0.39 is 5.97 Å². The number of carboxylic acid groups (broad SMARTS) is 1. The minimum Gasteiger partial charge on any atom is -0.478 e. The van der Waals surface area contributed by atoms with Crippen molar-refractivity contribution in [3.8, 4) is 0 Å². The summed E-state index contributed by atoms with van der Waals surface area (Å²) >= 11 is 0. The fourth-order valence-electron chi connectivity index (χ4n) is 2.05. The van der Waals surface area contributed by atoms with E-state index in [1.54, 1.807) is 18.2 Å². The monoisotopic (exact) mass is 235 g/mol. The van der Waals surface area contributed by atoms with Crippen LogP contribution in [-0.4, -0.2) is 30.8 Å². The molecule has 1 heterocycles. The smallest absolute Gasteiger partial charge is 0.337 e. The SMILES string of the molecule is O=C(O)c1ccccc1NCCC1CCOC1. The van der Waals surface area contributed by atoms with Crippen molar-refractivity contribution < 1.29 is 14.6 Å². The zero-order chi connectivity index (χ0) is 12.1. The zero-order valence-electron chi connectivity index (χ0n) is 9.69. The Morgan fingerprint density at radius 2 is 2.29 bits per heavy atom. The summed E-state index contributed by atoms with van der Waals surface area (Å²) < 4.78 is 5.30. The lowest BCUT2D eigenvalue weighted by molar-refractivity contribution is 0.0698. The van der Waals surface area contributed by atoms with Crippen molar-refractivity contribution in [3.63, 3.8) is 0 Å². The molecule has 1 aliphatic rings. The van der Waals surface area contributed by atoms with Gasteiger partial charge in [-0.15, -0.1) is 0 Å². The first-order chi connectivity index (χ1) is 8.27. The fraction of sp³-hybridized carbons (Fsp3) is 0.462. The molecule has 1 atom stereocenters. The molecule has 0 bridgehead atoms. The summed E-state index contributed by atoms with van der Waals surface area (Å²) in [5.74, 6) is -0.281. The van der Waals surface area contributed by atoms with Gasteiger partial charge in [0.1, 0.15) is 0 Å². The van der Waals surface area contributed by atoms with Crippen LogP contribution in [0.4, 0.5) is 5.69 Å². The van der Waals surface area contributed by atoms with E-state index in [2.05, 4.69) is 5.32 Å². The van der Waals surface area contributed by atoms with Crippen LogP contribution in [0.25, 0.3) is 0 Å². The molecule has 1 fully saturated rings. The summed E-state index contributed by atoms with van der Waals surface area (Å²) in [4.78, 5) is 11.0. The van der Waals surface area contributed by atoms with Crippen LogP contribution in [0.15, 0.2) is 24.3 Å². The molecule has 4 nitrogen and oxygen atoms in total. The number of nitrogens with one attached hydrogen (secondary N) is 1. The average Bonchev–Trinajstić information content (AvgIpc) is 2.82. The van der Waals surface area contributed by atoms with Crippen molar-refractivity contribution in [2.45, 2.75) is 12.8 Å². The van der Waals surface area contributed by atoms with E-state index in [1.807, 2.05) is 6.07 Å². The molecule has 0 spiro atoms. The van der Waals surface area contributed by atoms with Crippen molar-refractivity contribution in [1.82, 2.24) is 0 Å². The van der Waals surface area contributed by atoms with Gasteiger partial charge in [-0.25, -0.2) is 4.79 Å². The number of anilines is 1. The van der Waals surface area contributed by atoms with Gasteiger partial charge in [0.05, 0.1) is 5.56 Å². The Morgan fingerprint density at radius 1 is 1.47 bits per heavy atom. The fourth-order valence-corrected chi connectivity index (χ4v) is 2.05. The zero-order valence-corrected chi connectivity index (χ0v) is 9.69. The second-order valence-corrected chi connectivity index (χ2v) is 4.30. The second-order valence-electron chi connectivity index (χ2n) is 4.30. The first-order valence-corrected chi connectivity index (χ1v) is 5.91. The number of hydrogen-bond acceptors (Lipinski definition) is 3. The van der Waals surface area contributed by atoms with Crippen LogP contribution in [0.1, 0.15) is 23.2 Å². The van der Waals surface area contributed by atoms with Crippen LogP contribution in [-0.2, 0) is 4.74 Å². The van der Waals surface area contributed by atoms with Crippen LogP contribution < -0.4 is 5.32 Å². The van der Waals surface area contributed by atoms with E-state index >= 15 is 0 Å². The van der Waals surface area contributed by atoms with Crippen molar-refractivity contribution in [1.29, 1.82) is 0 Å². The molecule has 0 amide bonds. The largest absolute Gasteiger partial charge is 0.478 e. The molecule has 1 aromatic rings. The summed E-state index contributed by atoms with van der Waals surface area (Å²) in [6, 6.07) is 6.99. The predicted molar refractivity (Wildman–Crippen MR) is 65.4 cm³/mol. The van der Waals surface area contributed by atoms with Gasteiger partial charge in [-0.1, -0.05) is 12.1 Å². The van der Waals surface area contributed by atoms with E-state index in [1.165, 1.54) is 0 Å². The summed E-state index contributed by atoms with van der Waals surface area (Å²) in [6.45, 7) is 2.48. The molecular formula is C13H17NO3. The van der Waals surface area contributed by atoms with E-state index in [-0.39, 0.29) is 0 Å². The Labute approximate surface area is 101 Å². The quantitative estimate of drug-likeness (QED) is 0.821. The van der Waals surface area contributed by atoms with Crippen molar-refractivity contribution >= 4 is 11.7 Å². The number of para-hydroxylation sites is 1. The molecule has 4 heteroatoms. The first kappa shape index (κ1) is 11.9. The van der Waals surface area contributed by atoms with Crippen LogP contribution in [0.2, 0.25) is 0 Å². The molecule has 0 aromatic heterocycles. The molecule has 2 rings (SSSR count). The molecule has 0 aliphatic carbocycles. The molecule has 1 unspecified atom stereocenters. The molecular weight excluding hydrogens is 218 g/mol. The van der Waals surface area contributed by atoms with Gasteiger partial charge >= 0.3 is 5.97 Å². The number of aromatic carboxylic acids is 1. The maximum Gasteiger partial charge on any atom is 0.337 e. The number of hydrogen-bond donors (Lipinski definition) is 2. The number of carboxylic acids is 1. The standard InChI is InChI=1S/C13H17NO3/c15-13(16)11-3-1-2-4-12(11)14-7-5-10-6-8-17-9-10/h1-4,10,14H,5-9H2,(H,15,16). The highest BCUT2D eigenvalue weighted by molar-refractivity contribution is 5.94. The third-order valence-corrected chi connectivity index (χ3v) is 3.05. The summed E-state index contributed by atoms with van der Waals surface area (Å²) in [7, 11) is 0. The Hall–Kier alpha value is -1.55. The minimum atomic E-state index is -0.891.